The van der Waals surface area contributed by atoms with E-state index >= 15 is 0 Å². The van der Waals surface area contributed by atoms with E-state index in [0.717, 1.165) is 61.1 Å². The van der Waals surface area contributed by atoms with Gasteiger partial charge in [0.1, 0.15) is 11.2 Å². The summed E-state index contributed by atoms with van der Waals surface area (Å²) in [4.78, 5) is 14.6. The van der Waals surface area contributed by atoms with E-state index < -0.39 is 0 Å². The van der Waals surface area contributed by atoms with Crippen LogP contribution in [0.4, 0.5) is 0 Å². The number of nitrogens with zero attached hydrogens (tertiary/aromatic N) is 3. The number of rotatable bonds is 5. The molecule has 0 unspecified atom stereocenters. The molecule has 0 aliphatic carbocycles. The summed E-state index contributed by atoms with van der Waals surface area (Å²) < 4.78 is 6.14. The number of fused-ring (bicyclic) bond motifs is 6. The summed E-state index contributed by atoms with van der Waals surface area (Å²) in [6.45, 7) is 0. The molecule has 0 radical (unpaired) electrons. The van der Waals surface area contributed by atoms with Crippen molar-refractivity contribution in [2.75, 3.05) is 0 Å². The van der Waals surface area contributed by atoms with E-state index in [4.69, 9.17) is 14.4 Å². The summed E-state index contributed by atoms with van der Waals surface area (Å²) in [5, 5.41) is 7.16. The Morgan fingerprint density at radius 1 is 0.373 bits per heavy atom. The highest BCUT2D eigenvalue weighted by Gasteiger charge is 2.15. The van der Waals surface area contributed by atoms with Gasteiger partial charge < -0.3 is 4.42 Å². The first kappa shape index (κ1) is 29.0. The largest absolute Gasteiger partial charge is 0.456 e. The van der Waals surface area contributed by atoms with Crippen molar-refractivity contribution in [3.05, 3.63) is 176 Å². The molecular formula is C47H29N3O. The van der Waals surface area contributed by atoms with Crippen molar-refractivity contribution in [3.63, 3.8) is 0 Å². The molecule has 10 aromatic rings. The van der Waals surface area contributed by atoms with Gasteiger partial charge in [-0.2, -0.15) is 0 Å². The maximum absolute atomic E-state index is 6.14. The Balaban J connectivity index is 1.10. The first-order valence-corrected chi connectivity index (χ1v) is 17.1. The molecule has 51 heavy (non-hydrogen) atoms. The molecule has 0 amide bonds. The fourth-order valence-electron chi connectivity index (χ4n) is 7.22. The van der Waals surface area contributed by atoms with Crippen molar-refractivity contribution >= 4 is 43.5 Å². The minimum absolute atomic E-state index is 0.669. The molecule has 0 N–H and O–H groups in total. The zero-order valence-corrected chi connectivity index (χ0v) is 27.5. The highest BCUT2D eigenvalue weighted by Crippen LogP contribution is 2.37. The average molecular weight is 652 g/mol. The molecular weight excluding hydrogens is 623 g/mol. The SMILES string of the molecule is c1cncc(-c2ccc(-c3nc(-c4ccc(-c5cc6ccccc6c6ccccc56)cc4)cc(-c4ccc5oc6ccccc6c5c4)n3)cc2)c1. The molecule has 4 nitrogen and oxygen atoms in total. The molecule has 0 bridgehead atoms. The van der Waals surface area contributed by atoms with E-state index in [1.807, 2.05) is 36.5 Å². The molecule has 0 atom stereocenters. The Morgan fingerprint density at radius 2 is 1.00 bits per heavy atom. The summed E-state index contributed by atoms with van der Waals surface area (Å²) in [6.07, 6.45) is 3.67. The van der Waals surface area contributed by atoms with Gasteiger partial charge in [0.25, 0.3) is 0 Å². The number of aromatic nitrogens is 3. The van der Waals surface area contributed by atoms with Gasteiger partial charge >= 0.3 is 0 Å². The van der Waals surface area contributed by atoms with Gasteiger partial charge in [-0.05, 0) is 86.3 Å². The third-order valence-electron chi connectivity index (χ3n) is 9.80. The minimum atomic E-state index is 0.669. The van der Waals surface area contributed by atoms with Crippen molar-refractivity contribution in [2.45, 2.75) is 0 Å². The molecule has 0 saturated carbocycles. The lowest BCUT2D eigenvalue weighted by atomic mass is 9.93. The Kier molecular flexibility index (Phi) is 6.78. The lowest BCUT2D eigenvalue weighted by molar-refractivity contribution is 0.669. The molecule has 0 aliphatic rings. The quantitative estimate of drug-likeness (QED) is 0.174. The van der Waals surface area contributed by atoms with Crippen LogP contribution in [0.3, 0.4) is 0 Å². The van der Waals surface area contributed by atoms with Crippen molar-refractivity contribution in [2.24, 2.45) is 0 Å². The zero-order chi connectivity index (χ0) is 33.7. The van der Waals surface area contributed by atoms with Gasteiger partial charge in [0.15, 0.2) is 5.82 Å². The van der Waals surface area contributed by atoms with Crippen LogP contribution in [-0.4, -0.2) is 15.0 Å². The van der Waals surface area contributed by atoms with Crippen LogP contribution in [0.25, 0.3) is 99.6 Å². The Hall–Kier alpha value is -6.91. The first-order chi connectivity index (χ1) is 25.2. The molecule has 3 aromatic heterocycles. The van der Waals surface area contributed by atoms with Crippen molar-refractivity contribution in [1.29, 1.82) is 0 Å². The zero-order valence-electron chi connectivity index (χ0n) is 27.5. The second-order valence-electron chi connectivity index (χ2n) is 12.9. The third-order valence-corrected chi connectivity index (χ3v) is 9.80. The van der Waals surface area contributed by atoms with Crippen LogP contribution in [0.5, 0.6) is 0 Å². The predicted molar refractivity (Wildman–Crippen MR) is 209 cm³/mol. The van der Waals surface area contributed by atoms with Gasteiger partial charge in [-0.1, -0.05) is 121 Å². The summed E-state index contributed by atoms with van der Waals surface area (Å²) in [6, 6.07) is 57.3. The molecule has 0 fully saturated rings. The van der Waals surface area contributed by atoms with Crippen LogP contribution in [0.1, 0.15) is 0 Å². The highest BCUT2D eigenvalue weighted by atomic mass is 16.3. The van der Waals surface area contributed by atoms with Crippen LogP contribution in [0, 0.1) is 0 Å². The van der Waals surface area contributed by atoms with E-state index in [0.29, 0.717) is 5.82 Å². The fourth-order valence-corrected chi connectivity index (χ4v) is 7.22. The topological polar surface area (TPSA) is 51.8 Å². The van der Waals surface area contributed by atoms with Gasteiger partial charge in [0, 0.05) is 39.9 Å². The van der Waals surface area contributed by atoms with Crippen molar-refractivity contribution in [3.8, 4) is 56.2 Å². The standard InChI is InChI=1S/C47H29N3O/c1-2-10-37-34(8-1)26-41(39-12-4-3-11-38(37)39)31-17-19-32(20-18-31)43-28-44(35-23-24-46-42(27-35)40-13-5-6-14-45(40)51-46)50-47(49-43)33-21-15-30(16-22-33)36-9-7-25-48-29-36/h1-29H. The number of hydrogen-bond acceptors (Lipinski definition) is 4. The lowest BCUT2D eigenvalue weighted by Crippen LogP contribution is -1.96. The lowest BCUT2D eigenvalue weighted by Gasteiger charge is -2.13. The number of para-hydroxylation sites is 1. The molecule has 0 aliphatic heterocycles. The van der Waals surface area contributed by atoms with Crippen LogP contribution < -0.4 is 0 Å². The van der Waals surface area contributed by atoms with Gasteiger partial charge in [0.2, 0.25) is 0 Å². The first-order valence-electron chi connectivity index (χ1n) is 17.1. The second kappa shape index (κ2) is 11.9. The van der Waals surface area contributed by atoms with Crippen LogP contribution in [0.15, 0.2) is 181 Å². The normalized spacial score (nSPS) is 11.5. The molecule has 10 rings (SSSR count). The van der Waals surface area contributed by atoms with Gasteiger partial charge in [-0.15, -0.1) is 0 Å². The van der Waals surface area contributed by atoms with Gasteiger partial charge in [-0.3, -0.25) is 4.98 Å². The maximum Gasteiger partial charge on any atom is 0.160 e. The number of pyridine rings is 1. The summed E-state index contributed by atoms with van der Waals surface area (Å²) in [7, 11) is 0. The van der Waals surface area contributed by atoms with Crippen LogP contribution in [-0.2, 0) is 0 Å². The number of hydrogen-bond donors (Lipinski definition) is 0. The molecule has 7 aromatic carbocycles. The second-order valence-corrected chi connectivity index (χ2v) is 12.9. The summed E-state index contributed by atoms with van der Waals surface area (Å²) in [5.74, 6) is 0.669. The summed E-state index contributed by atoms with van der Waals surface area (Å²) in [5.41, 5.74) is 11.0. The van der Waals surface area contributed by atoms with Crippen molar-refractivity contribution in [1.82, 2.24) is 15.0 Å². The smallest absolute Gasteiger partial charge is 0.160 e. The van der Waals surface area contributed by atoms with E-state index in [1.54, 1.807) is 6.20 Å². The summed E-state index contributed by atoms with van der Waals surface area (Å²) >= 11 is 0. The highest BCUT2D eigenvalue weighted by molar-refractivity contribution is 6.13. The third kappa shape index (κ3) is 5.13. The maximum atomic E-state index is 6.14. The Bertz CT molecular complexity index is 2890. The van der Waals surface area contributed by atoms with Crippen LogP contribution >= 0.6 is 0 Å². The van der Waals surface area contributed by atoms with Crippen molar-refractivity contribution < 1.29 is 4.42 Å². The van der Waals surface area contributed by atoms with E-state index in [9.17, 15) is 0 Å². The minimum Gasteiger partial charge on any atom is -0.456 e. The predicted octanol–water partition coefficient (Wildman–Crippen LogP) is 12.4. The molecule has 0 spiro atoms. The Labute approximate surface area is 294 Å². The molecule has 4 heteroatoms. The average Bonchev–Trinajstić information content (AvgIpc) is 3.59. The monoisotopic (exact) mass is 651 g/mol. The molecule has 0 saturated heterocycles. The molecule has 238 valence electrons. The van der Waals surface area contributed by atoms with E-state index in [-0.39, 0.29) is 0 Å². The molecule has 3 heterocycles. The fraction of sp³-hybridized carbons (Fsp3) is 0. The number of benzene rings is 7. The van der Waals surface area contributed by atoms with Gasteiger partial charge in [0.05, 0.1) is 11.4 Å². The van der Waals surface area contributed by atoms with E-state index in [2.05, 4.69) is 138 Å². The van der Waals surface area contributed by atoms with Crippen LogP contribution in [0.2, 0.25) is 0 Å². The number of furan rings is 1. The Morgan fingerprint density at radius 3 is 1.80 bits per heavy atom. The van der Waals surface area contributed by atoms with E-state index in [1.165, 1.54) is 32.7 Å². The van der Waals surface area contributed by atoms with Gasteiger partial charge in [-0.25, -0.2) is 9.97 Å².